The third-order valence-electron chi connectivity index (χ3n) is 5.40. The molecule has 3 rings (SSSR count). The fourth-order valence-electron chi connectivity index (χ4n) is 3.71. The van der Waals surface area contributed by atoms with Gasteiger partial charge in [0.25, 0.3) is 0 Å². The van der Waals surface area contributed by atoms with Gasteiger partial charge in [0.2, 0.25) is 0 Å². The predicted molar refractivity (Wildman–Crippen MR) is 117 cm³/mol. The van der Waals surface area contributed by atoms with Crippen molar-refractivity contribution in [2.45, 2.75) is 32.3 Å². The van der Waals surface area contributed by atoms with E-state index in [1.54, 1.807) is 12.1 Å². The lowest BCUT2D eigenvalue weighted by Crippen LogP contribution is -2.33. The maximum absolute atomic E-state index is 14.8. The highest BCUT2D eigenvalue weighted by atomic mass is 32.2. The van der Waals surface area contributed by atoms with Crippen LogP contribution in [0, 0.1) is 11.7 Å². The molecule has 2 N–H and O–H groups in total. The Morgan fingerprint density at radius 1 is 1.40 bits per heavy atom. The molecular formula is C21H30FN3O4S. The van der Waals surface area contributed by atoms with Crippen LogP contribution in [0.15, 0.2) is 18.2 Å². The number of hydrogen-bond acceptors (Lipinski definition) is 6. The largest absolute Gasteiger partial charge is 0.481 e. The van der Waals surface area contributed by atoms with E-state index in [1.165, 1.54) is 11.0 Å². The van der Waals surface area contributed by atoms with E-state index in [4.69, 9.17) is 9.84 Å². The lowest BCUT2D eigenvalue weighted by molar-refractivity contribution is -0.137. The fourth-order valence-corrected chi connectivity index (χ4v) is 4.60. The predicted octanol–water partition coefficient (Wildman–Crippen LogP) is 3.18. The first-order valence-electron chi connectivity index (χ1n) is 10.5. The second-order valence-corrected chi connectivity index (χ2v) is 9.13. The van der Waals surface area contributed by atoms with Gasteiger partial charge in [-0.3, -0.25) is 9.69 Å². The van der Waals surface area contributed by atoms with Gasteiger partial charge in [-0.15, -0.1) is 0 Å². The number of rotatable bonds is 9. The first kappa shape index (κ1) is 22.7. The number of carbonyl (C=O) groups excluding carboxylic acids is 1. The molecule has 7 nitrogen and oxygen atoms in total. The molecule has 166 valence electrons. The SMILES string of the molecule is C[C@H](CCC(=O)O)CNC[C@H]1CN(c2ccc(N3CCCSCC3)c(F)c2)C(=O)O1. The zero-order chi connectivity index (χ0) is 21.5. The Kier molecular flexibility index (Phi) is 8.21. The maximum Gasteiger partial charge on any atom is 0.414 e. The molecule has 0 aromatic heterocycles. The third kappa shape index (κ3) is 6.25. The van der Waals surface area contributed by atoms with Crippen molar-refractivity contribution in [1.82, 2.24) is 5.32 Å². The number of carboxylic acid groups (broad SMARTS) is 1. The Morgan fingerprint density at radius 2 is 2.23 bits per heavy atom. The van der Waals surface area contributed by atoms with Gasteiger partial charge in [0, 0.05) is 31.8 Å². The molecule has 2 aliphatic heterocycles. The van der Waals surface area contributed by atoms with E-state index in [9.17, 15) is 14.0 Å². The van der Waals surface area contributed by atoms with Gasteiger partial charge in [-0.2, -0.15) is 11.8 Å². The van der Waals surface area contributed by atoms with E-state index in [0.29, 0.717) is 37.4 Å². The highest BCUT2D eigenvalue weighted by Crippen LogP contribution is 2.29. The Labute approximate surface area is 180 Å². The number of nitrogens with zero attached hydrogens (tertiary/aromatic N) is 2. The number of thioether (sulfide) groups is 1. The first-order chi connectivity index (χ1) is 14.4. The molecule has 0 unspecified atom stereocenters. The van der Waals surface area contributed by atoms with Gasteiger partial charge in [0.05, 0.1) is 17.9 Å². The number of aliphatic carboxylic acids is 1. The van der Waals surface area contributed by atoms with Crippen LogP contribution in [-0.4, -0.2) is 67.5 Å². The zero-order valence-corrected chi connectivity index (χ0v) is 18.1. The summed E-state index contributed by atoms with van der Waals surface area (Å²) in [5.74, 6) is 1.19. The van der Waals surface area contributed by atoms with Gasteiger partial charge < -0.3 is 20.1 Å². The second kappa shape index (κ2) is 10.9. The van der Waals surface area contributed by atoms with E-state index in [-0.39, 0.29) is 24.3 Å². The summed E-state index contributed by atoms with van der Waals surface area (Å²) in [6, 6.07) is 4.95. The topological polar surface area (TPSA) is 82.1 Å². The highest BCUT2D eigenvalue weighted by molar-refractivity contribution is 7.99. The molecule has 9 heteroatoms. The number of benzene rings is 1. The van der Waals surface area contributed by atoms with E-state index in [2.05, 4.69) is 10.2 Å². The lowest BCUT2D eigenvalue weighted by Gasteiger charge is -2.24. The van der Waals surface area contributed by atoms with Crippen LogP contribution in [0.2, 0.25) is 0 Å². The number of halogens is 1. The van der Waals surface area contributed by atoms with E-state index >= 15 is 0 Å². The lowest BCUT2D eigenvalue weighted by atomic mass is 10.1. The van der Waals surface area contributed by atoms with E-state index in [1.807, 2.05) is 18.7 Å². The smallest absolute Gasteiger partial charge is 0.414 e. The number of hydrogen-bond donors (Lipinski definition) is 2. The quantitative estimate of drug-likeness (QED) is 0.612. The molecule has 0 aliphatic carbocycles. The summed E-state index contributed by atoms with van der Waals surface area (Å²) < 4.78 is 20.2. The molecular weight excluding hydrogens is 409 g/mol. The highest BCUT2D eigenvalue weighted by Gasteiger charge is 2.32. The molecule has 1 aromatic carbocycles. The Balaban J connectivity index is 1.52. The molecule has 0 radical (unpaired) electrons. The molecule has 30 heavy (non-hydrogen) atoms. The van der Waals surface area contributed by atoms with Gasteiger partial charge in [0.1, 0.15) is 11.9 Å². The molecule has 2 aliphatic rings. The van der Waals surface area contributed by atoms with Crippen molar-refractivity contribution in [1.29, 1.82) is 0 Å². The number of ether oxygens (including phenoxy) is 1. The molecule has 0 saturated carbocycles. The van der Waals surface area contributed by atoms with E-state index in [0.717, 1.165) is 31.0 Å². The standard InChI is InChI=1S/C21H30FN3O4S/c1-15(3-6-20(26)27)12-23-13-17-14-25(21(28)29-17)16-4-5-19(18(22)11-16)24-7-2-9-30-10-8-24/h4-5,11,15,17,23H,2-3,6-10,12-14H2,1H3,(H,26,27)/t15-,17+/m1/s1. The molecule has 2 saturated heterocycles. The minimum atomic E-state index is -0.796. The van der Waals surface area contributed by atoms with Gasteiger partial charge >= 0.3 is 12.1 Å². The Bertz CT molecular complexity index is 743. The molecule has 0 spiro atoms. The second-order valence-electron chi connectivity index (χ2n) is 7.90. The summed E-state index contributed by atoms with van der Waals surface area (Å²) in [6.45, 7) is 5.13. The average Bonchev–Trinajstić information content (AvgIpc) is 2.90. The van der Waals surface area contributed by atoms with Crippen molar-refractivity contribution in [3.8, 4) is 0 Å². The maximum atomic E-state index is 14.8. The van der Waals surface area contributed by atoms with Gasteiger partial charge in [-0.1, -0.05) is 6.92 Å². The van der Waals surface area contributed by atoms with Gasteiger partial charge in [-0.25, -0.2) is 9.18 Å². The summed E-state index contributed by atoms with van der Waals surface area (Å²) in [5, 5.41) is 12.0. The fraction of sp³-hybridized carbons (Fsp3) is 0.619. The van der Waals surface area contributed by atoms with Crippen LogP contribution in [0.5, 0.6) is 0 Å². The number of carbonyl (C=O) groups is 2. The van der Waals surface area contributed by atoms with Crippen LogP contribution in [0.1, 0.15) is 26.2 Å². The van der Waals surface area contributed by atoms with Crippen LogP contribution in [0.4, 0.5) is 20.6 Å². The summed E-state index contributed by atoms with van der Waals surface area (Å²) in [5.41, 5.74) is 1.09. The Morgan fingerprint density at radius 3 is 3.00 bits per heavy atom. The number of anilines is 2. The molecule has 1 amide bonds. The minimum absolute atomic E-state index is 0.146. The zero-order valence-electron chi connectivity index (χ0n) is 17.3. The molecule has 0 bridgehead atoms. The Hall–Kier alpha value is -2.00. The summed E-state index contributed by atoms with van der Waals surface area (Å²) in [6.07, 6.45) is 0.981. The van der Waals surface area contributed by atoms with Crippen molar-refractivity contribution < 1.29 is 23.8 Å². The summed E-state index contributed by atoms with van der Waals surface area (Å²) in [4.78, 5) is 26.4. The van der Waals surface area contributed by atoms with Crippen molar-refractivity contribution in [3.63, 3.8) is 0 Å². The van der Waals surface area contributed by atoms with Gasteiger partial charge in [0.15, 0.2) is 0 Å². The summed E-state index contributed by atoms with van der Waals surface area (Å²) in [7, 11) is 0. The van der Waals surface area contributed by atoms with Crippen molar-refractivity contribution in [2.24, 2.45) is 5.92 Å². The minimum Gasteiger partial charge on any atom is -0.481 e. The number of cyclic esters (lactones) is 1. The van der Waals surface area contributed by atoms with Crippen LogP contribution < -0.4 is 15.1 Å². The molecule has 2 fully saturated rings. The van der Waals surface area contributed by atoms with Crippen LogP contribution >= 0.6 is 11.8 Å². The molecule has 1 aromatic rings. The number of amides is 1. The number of carboxylic acids is 1. The normalized spacial score (nSPS) is 20.7. The van der Waals surface area contributed by atoms with Crippen molar-refractivity contribution in [3.05, 3.63) is 24.0 Å². The monoisotopic (exact) mass is 439 g/mol. The molecule has 2 heterocycles. The van der Waals surface area contributed by atoms with Crippen LogP contribution in [-0.2, 0) is 9.53 Å². The summed E-state index contributed by atoms with van der Waals surface area (Å²) >= 11 is 1.89. The number of nitrogens with one attached hydrogen (secondary N) is 1. The van der Waals surface area contributed by atoms with E-state index < -0.39 is 12.1 Å². The van der Waals surface area contributed by atoms with Crippen LogP contribution in [0.25, 0.3) is 0 Å². The molecule has 2 atom stereocenters. The van der Waals surface area contributed by atoms with Gasteiger partial charge in [-0.05, 0) is 49.3 Å². The van der Waals surface area contributed by atoms with Crippen molar-refractivity contribution in [2.75, 3.05) is 54.0 Å². The van der Waals surface area contributed by atoms with Crippen molar-refractivity contribution >= 4 is 35.2 Å². The first-order valence-corrected chi connectivity index (χ1v) is 11.6. The average molecular weight is 440 g/mol. The third-order valence-corrected chi connectivity index (χ3v) is 6.44. The van der Waals surface area contributed by atoms with Crippen LogP contribution in [0.3, 0.4) is 0 Å².